The Morgan fingerprint density at radius 2 is 2.09 bits per heavy atom. The first-order valence-electron chi connectivity index (χ1n) is 4.57. The van der Waals surface area contributed by atoms with Crippen LogP contribution in [0.25, 0.3) is 0 Å². The lowest BCUT2D eigenvalue weighted by Gasteiger charge is -2.28. The summed E-state index contributed by atoms with van der Waals surface area (Å²) < 4.78 is 0. The molecule has 1 heteroatoms. The van der Waals surface area contributed by atoms with E-state index in [-0.39, 0.29) is 0 Å². The molecule has 1 unspecified atom stereocenters. The summed E-state index contributed by atoms with van der Waals surface area (Å²) in [6.07, 6.45) is 7.17. The van der Waals surface area contributed by atoms with Gasteiger partial charge in [-0.1, -0.05) is 26.0 Å². The maximum Gasteiger partial charge on any atom is 0.0163 e. The highest BCUT2D eigenvalue weighted by molar-refractivity contribution is 4.91. The van der Waals surface area contributed by atoms with Gasteiger partial charge in [0.25, 0.3) is 0 Å². The SMILES string of the molecule is CC(C)C1CCC=CCN1C. The van der Waals surface area contributed by atoms with Gasteiger partial charge in [0.05, 0.1) is 0 Å². The minimum absolute atomic E-state index is 0.782. The van der Waals surface area contributed by atoms with Crippen LogP contribution in [-0.2, 0) is 0 Å². The normalized spacial score (nSPS) is 27.5. The molecule has 0 spiro atoms. The summed E-state index contributed by atoms with van der Waals surface area (Å²) in [5, 5.41) is 0. The average Bonchev–Trinajstić information content (AvgIpc) is 2.13. The molecule has 1 aliphatic heterocycles. The number of nitrogens with zero attached hydrogens (tertiary/aromatic N) is 1. The van der Waals surface area contributed by atoms with Gasteiger partial charge in [-0.25, -0.2) is 0 Å². The quantitative estimate of drug-likeness (QED) is 0.522. The van der Waals surface area contributed by atoms with Crippen molar-refractivity contribution >= 4 is 0 Å². The number of hydrogen-bond donors (Lipinski definition) is 0. The fraction of sp³-hybridized carbons (Fsp3) is 0.800. The van der Waals surface area contributed by atoms with Gasteiger partial charge in [0.1, 0.15) is 0 Å². The Labute approximate surface area is 70.1 Å². The summed E-state index contributed by atoms with van der Waals surface area (Å²) in [5.74, 6) is 0.792. The molecular weight excluding hydrogens is 134 g/mol. The first-order valence-corrected chi connectivity index (χ1v) is 4.57. The molecule has 1 atom stereocenters. The van der Waals surface area contributed by atoms with Crippen molar-refractivity contribution in [1.82, 2.24) is 4.90 Å². The van der Waals surface area contributed by atoms with Gasteiger partial charge in [0.2, 0.25) is 0 Å². The van der Waals surface area contributed by atoms with E-state index < -0.39 is 0 Å². The smallest absolute Gasteiger partial charge is 0.0163 e. The van der Waals surface area contributed by atoms with Crippen molar-refractivity contribution in [2.75, 3.05) is 13.6 Å². The second kappa shape index (κ2) is 3.91. The van der Waals surface area contributed by atoms with Crippen molar-refractivity contribution in [3.05, 3.63) is 12.2 Å². The molecule has 0 bridgehead atoms. The molecule has 0 amide bonds. The molecule has 0 saturated heterocycles. The lowest BCUT2D eigenvalue weighted by molar-refractivity contribution is 0.204. The van der Waals surface area contributed by atoms with Gasteiger partial charge in [-0.05, 0) is 25.8 Å². The largest absolute Gasteiger partial charge is 0.300 e. The van der Waals surface area contributed by atoms with Crippen LogP contribution in [-0.4, -0.2) is 24.5 Å². The van der Waals surface area contributed by atoms with Crippen molar-refractivity contribution in [3.63, 3.8) is 0 Å². The van der Waals surface area contributed by atoms with E-state index in [0.717, 1.165) is 18.5 Å². The maximum atomic E-state index is 2.45. The minimum Gasteiger partial charge on any atom is -0.300 e. The molecule has 0 aromatic carbocycles. The van der Waals surface area contributed by atoms with E-state index in [9.17, 15) is 0 Å². The van der Waals surface area contributed by atoms with E-state index in [4.69, 9.17) is 0 Å². The maximum absolute atomic E-state index is 2.45. The van der Waals surface area contributed by atoms with Crippen LogP contribution in [0.2, 0.25) is 0 Å². The zero-order valence-corrected chi connectivity index (χ0v) is 7.88. The van der Waals surface area contributed by atoms with Crippen LogP contribution in [0.4, 0.5) is 0 Å². The molecule has 1 nitrogen and oxygen atoms in total. The highest BCUT2D eigenvalue weighted by Gasteiger charge is 2.17. The fourth-order valence-electron chi connectivity index (χ4n) is 1.82. The van der Waals surface area contributed by atoms with E-state index in [1.54, 1.807) is 0 Å². The zero-order chi connectivity index (χ0) is 8.27. The Hall–Kier alpha value is -0.300. The van der Waals surface area contributed by atoms with Crippen molar-refractivity contribution in [2.24, 2.45) is 5.92 Å². The van der Waals surface area contributed by atoms with Crippen LogP contribution < -0.4 is 0 Å². The monoisotopic (exact) mass is 153 g/mol. The van der Waals surface area contributed by atoms with Crippen LogP contribution in [0.3, 0.4) is 0 Å². The van der Waals surface area contributed by atoms with Gasteiger partial charge < -0.3 is 0 Å². The standard InChI is InChI=1S/C10H19N/c1-9(2)10-7-5-4-6-8-11(10)3/h4,6,9-10H,5,7-8H2,1-3H3. The molecule has 0 fully saturated rings. The van der Waals surface area contributed by atoms with E-state index in [1.165, 1.54) is 12.8 Å². The molecule has 0 saturated carbocycles. The molecule has 1 aliphatic rings. The van der Waals surface area contributed by atoms with Crippen molar-refractivity contribution in [2.45, 2.75) is 32.7 Å². The van der Waals surface area contributed by atoms with Gasteiger partial charge >= 0.3 is 0 Å². The zero-order valence-electron chi connectivity index (χ0n) is 7.88. The van der Waals surface area contributed by atoms with Crippen LogP contribution in [0.15, 0.2) is 12.2 Å². The molecule has 0 aromatic rings. The van der Waals surface area contributed by atoms with Crippen molar-refractivity contribution in [1.29, 1.82) is 0 Å². The third-order valence-corrected chi connectivity index (χ3v) is 2.52. The summed E-state index contributed by atoms with van der Waals surface area (Å²) in [7, 11) is 2.22. The number of hydrogen-bond acceptors (Lipinski definition) is 1. The van der Waals surface area contributed by atoms with Gasteiger partial charge in [0.15, 0.2) is 0 Å². The summed E-state index contributed by atoms with van der Waals surface area (Å²) in [6, 6.07) is 0.782. The van der Waals surface area contributed by atoms with Gasteiger partial charge in [-0.2, -0.15) is 0 Å². The van der Waals surface area contributed by atoms with Crippen molar-refractivity contribution in [3.8, 4) is 0 Å². The second-order valence-corrected chi connectivity index (χ2v) is 3.80. The number of allylic oxidation sites excluding steroid dienone is 1. The summed E-state index contributed by atoms with van der Waals surface area (Å²) in [6.45, 7) is 5.75. The van der Waals surface area contributed by atoms with Crippen molar-refractivity contribution < 1.29 is 0 Å². The molecular formula is C10H19N. The third-order valence-electron chi connectivity index (χ3n) is 2.52. The molecule has 64 valence electrons. The van der Waals surface area contributed by atoms with Crippen LogP contribution >= 0.6 is 0 Å². The van der Waals surface area contributed by atoms with E-state index >= 15 is 0 Å². The van der Waals surface area contributed by atoms with Crippen LogP contribution in [0.5, 0.6) is 0 Å². The molecule has 11 heavy (non-hydrogen) atoms. The predicted molar refractivity (Wildman–Crippen MR) is 49.6 cm³/mol. The summed E-state index contributed by atoms with van der Waals surface area (Å²) >= 11 is 0. The fourth-order valence-corrected chi connectivity index (χ4v) is 1.82. The first kappa shape index (κ1) is 8.79. The predicted octanol–water partition coefficient (Wildman–Crippen LogP) is 2.29. The van der Waals surface area contributed by atoms with E-state index in [0.29, 0.717) is 0 Å². The number of rotatable bonds is 1. The molecule has 1 rings (SSSR count). The Bertz CT molecular complexity index is 138. The third kappa shape index (κ3) is 2.33. The summed E-state index contributed by atoms with van der Waals surface area (Å²) in [5.41, 5.74) is 0. The number of likely N-dealkylation sites (N-methyl/N-ethyl adjacent to an activating group) is 1. The van der Waals surface area contributed by atoms with Gasteiger partial charge in [0, 0.05) is 12.6 Å². The molecule has 1 heterocycles. The molecule has 0 radical (unpaired) electrons. The molecule has 0 aromatic heterocycles. The average molecular weight is 153 g/mol. The minimum atomic E-state index is 0.782. The highest BCUT2D eigenvalue weighted by Crippen LogP contribution is 2.17. The van der Waals surface area contributed by atoms with E-state index in [1.807, 2.05) is 0 Å². The summed E-state index contributed by atoms with van der Waals surface area (Å²) in [4.78, 5) is 2.45. The van der Waals surface area contributed by atoms with E-state index in [2.05, 4.69) is 37.9 Å². The first-order chi connectivity index (χ1) is 5.22. The lowest BCUT2D eigenvalue weighted by atomic mass is 9.99. The van der Waals surface area contributed by atoms with Gasteiger partial charge in [-0.15, -0.1) is 0 Å². The Balaban J connectivity index is 2.51. The topological polar surface area (TPSA) is 3.24 Å². The Morgan fingerprint density at radius 3 is 2.73 bits per heavy atom. The Kier molecular flexibility index (Phi) is 3.13. The van der Waals surface area contributed by atoms with Crippen LogP contribution in [0, 0.1) is 5.92 Å². The van der Waals surface area contributed by atoms with Crippen LogP contribution in [0.1, 0.15) is 26.7 Å². The Morgan fingerprint density at radius 1 is 1.36 bits per heavy atom. The molecule has 0 N–H and O–H groups in total. The molecule has 0 aliphatic carbocycles. The highest BCUT2D eigenvalue weighted by atomic mass is 15.1. The lowest BCUT2D eigenvalue weighted by Crippen LogP contribution is -2.34. The van der Waals surface area contributed by atoms with Gasteiger partial charge in [-0.3, -0.25) is 4.90 Å². The second-order valence-electron chi connectivity index (χ2n) is 3.80.